The van der Waals surface area contributed by atoms with Crippen molar-refractivity contribution in [1.82, 2.24) is 0 Å². The lowest BCUT2D eigenvalue weighted by Crippen LogP contribution is -2.25. The van der Waals surface area contributed by atoms with Crippen molar-refractivity contribution < 1.29 is 4.74 Å². The molecule has 0 aliphatic carbocycles. The van der Waals surface area contributed by atoms with Crippen molar-refractivity contribution in [2.45, 2.75) is 24.5 Å². The first-order valence-electron chi connectivity index (χ1n) is 3.76. The van der Waals surface area contributed by atoms with Gasteiger partial charge in [0.1, 0.15) is 0 Å². The van der Waals surface area contributed by atoms with Gasteiger partial charge in [0.25, 0.3) is 0 Å². The fourth-order valence-corrected chi connectivity index (χ4v) is 3.32. The SMILES string of the molecule is COCC(C)(CCC#N)SSC. The lowest BCUT2D eigenvalue weighted by molar-refractivity contribution is 0.171. The number of nitriles is 1. The van der Waals surface area contributed by atoms with E-state index < -0.39 is 0 Å². The van der Waals surface area contributed by atoms with E-state index in [1.807, 2.05) is 6.26 Å². The molecule has 12 heavy (non-hydrogen) atoms. The fourth-order valence-electron chi connectivity index (χ4n) is 0.965. The molecular formula is C8H15NOS2. The number of hydrogen-bond acceptors (Lipinski definition) is 4. The molecule has 4 heteroatoms. The van der Waals surface area contributed by atoms with Crippen LogP contribution in [0.1, 0.15) is 19.8 Å². The Kier molecular flexibility index (Phi) is 6.73. The standard InChI is InChI=1S/C8H15NOS2/c1-8(7-10-2,12-11-3)5-4-6-9/h4-5,7H2,1-3H3. The molecule has 0 aliphatic rings. The largest absolute Gasteiger partial charge is 0.383 e. The van der Waals surface area contributed by atoms with Crippen LogP contribution in [0.15, 0.2) is 0 Å². The van der Waals surface area contributed by atoms with Crippen molar-refractivity contribution in [3.8, 4) is 6.07 Å². The Labute approximate surface area is 82.4 Å². The third-order valence-electron chi connectivity index (χ3n) is 1.50. The Hall–Kier alpha value is 0.150. The van der Waals surface area contributed by atoms with Gasteiger partial charge in [0, 0.05) is 18.3 Å². The summed E-state index contributed by atoms with van der Waals surface area (Å²) in [7, 11) is 5.21. The van der Waals surface area contributed by atoms with Crippen LogP contribution in [0.3, 0.4) is 0 Å². The third-order valence-corrected chi connectivity index (χ3v) is 4.10. The highest BCUT2D eigenvalue weighted by atomic mass is 33.1. The molecule has 2 nitrogen and oxygen atoms in total. The maximum Gasteiger partial charge on any atom is 0.0622 e. The molecule has 0 aliphatic heterocycles. The van der Waals surface area contributed by atoms with Crippen LogP contribution in [0.25, 0.3) is 0 Å². The van der Waals surface area contributed by atoms with E-state index in [9.17, 15) is 0 Å². The molecule has 0 N–H and O–H groups in total. The second-order valence-corrected chi connectivity index (χ2v) is 5.78. The predicted octanol–water partition coefficient (Wildman–Crippen LogP) is 2.71. The maximum atomic E-state index is 8.46. The van der Waals surface area contributed by atoms with Gasteiger partial charge in [-0.05, 0) is 19.6 Å². The molecule has 0 radical (unpaired) electrons. The first-order chi connectivity index (χ1) is 5.68. The van der Waals surface area contributed by atoms with E-state index in [1.165, 1.54) is 0 Å². The van der Waals surface area contributed by atoms with Crippen molar-refractivity contribution in [3.63, 3.8) is 0 Å². The molecule has 0 aromatic rings. The van der Waals surface area contributed by atoms with Gasteiger partial charge >= 0.3 is 0 Å². The summed E-state index contributed by atoms with van der Waals surface area (Å²) < 4.78 is 5.20. The molecular weight excluding hydrogens is 190 g/mol. The number of methoxy groups -OCH3 is 1. The monoisotopic (exact) mass is 205 g/mol. The molecule has 0 rings (SSSR count). The minimum Gasteiger partial charge on any atom is -0.383 e. The van der Waals surface area contributed by atoms with E-state index in [2.05, 4.69) is 13.0 Å². The van der Waals surface area contributed by atoms with Gasteiger partial charge in [-0.15, -0.1) is 0 Å². The van der Waals surface area contributed by atoms with Gasteiger partial charge in [-0.3, -0.25) is 0 Å². The van der Waals surface area contributed by atoms with Crippen LogP contribution in [0.5, 0.6) is 0 Å². The highest BCUT2D eigenvalue weighted by Gasteiger charge is 2.24. The number of ether oxygens (including phenoxy) is 1. The molecule has 0 aromatic carbocycles. The van der Waals surface area contributed by atoms with E-state index >= 15 is 0 Å². The van der Waals surface area contributed by atoms with Crippen molar-refractivity contribution in [2.75, 3.05) is 20.0 Å². The molecule has 0 amide bonds. The average Bonchev–Trinajstić information content (AvgIpc) is 2.02. The lowest BCUT2D eigenvalue weighted by Gasteiger charge is -2.25. The number of rotatable bonds is 6. The van der Waals surface area contributed by atoms with Gasteiger partial charge in [-0.2, -0.15) is 5.26 Å². The zero-order chi connectivity index (χ0) is 9.45. The molecule has 0 heterocycles. The summed E-state index contributed by atoms with van der Waals surface area (Å²) in [6.07, 6.45) is 3.54. The summed E-state index contributed by atoms with van der Waals surface area (Å²) in [5.41, 5.74) is 0. The second-order valence-electron chi connectivity index (χ2n) is 2.79. The molecule has 1 unspecified atom stereocenters. The van der Waals surface area contributed by atoms with Crippen molar-refractivity contribution in [3.05, 3.63) is 0 Å². The van der Waals surface area contributed by atoms with Crippen LogP contribution in [0, 0.1) is 11.3 Å². The summed E-state index contributed by atoms with van der Waals surface area (Å²) in [4.78, 5) is 0. The molecule has 0 fully saturated rings. The van der Waals surface area contributed by atoms with Gasteiger partial charge in [0.15, 0.2) is 0 Å². The summed E-state index contributed by atoms with van der Waals surface area (Å²) in [5.74, 6) is 0. The normalized spacial score (nSPS) is 15.2. The first kappa shape index (κ1) is 12.2. The van der Waals surface area contributed by atoms with Gasteiger partial charge in [0.05, 0.1) is 12.7 Å². The van der Waals surface area contributed by atoms with Crippen molar-refractivity contribution >= 4 is 21.6 Å². The van der Waals surface area contributed by atoms with Gasteiger partial charge in [0.2, 0.25) is 0 Å². The Morgan fingerprint density at radius 2 is 2.25 bits per heavy atom. The Bertz CT molecular complexity index is 150. The van der Waals surface area contributed by atoms with E-state index in [0.29, 0.717) is 13.0 Å². The molecule has 0 spiro atoms. The van der Waals surface area contributed by atoms with Crippen molar-refractivity contribution in [2.24, 2.45) is 0 Å². The van der Waals surface area contributed by atoms with Gasteiger partial charge in [-0.25, -0.2) is 0 Å². The van der Waals surface area contributed by atoms with Crippen molar-refractivity contribution in [1.29, 1.82) is 5.26 Å². The average molecular weight is 205 g/mol. The Balaban J connectivity index is 3.90. The molecule has 70 valence electrons. The highest BCUT2D eigenvalue weighted by molar-refractivity contribution is 8.77. The van der Waals surface area contributed by atoms with E-state index in [-0.39, 0.29) is 4.75 Å². The van der Waals surface area contributed by atoms with Crippen LogP contribution >= 0.6 is 21.6 Å². The predicted molar refractivity (Wildman–Crippen MR) is 56.2 cm³/mol. The smallest absolute Gasteiger partial charge is 0.0622 e. The van der Waals surface area contributed by atoms with Crippen LogP contribution in [-0.4, -0.2) is 24.7 Å². The Morgan fingerprint density at radius 1 is 1.58 bits per heavy atom. The maximum absolute atomic E-state index is 8.46. The van der Waals surface area contributed by atoms with E-state index in [0.717, 1.165) is 6.42 Å². The van der Waals surface area contributed by atoms with Crippen LogP contribution in [0.2, 0.25) is 0 Å². The highest BCUT2D eigenvalue weighted by Crippen LogP contribution is 2.37. The van der Waals surface area contributed by atoms with Gasteiger partial charge in [-0.1, -0.05) is 21.6 Å². The minimum atomic E-state index is 0.0872. The lowest BCUT2D eigenvalue weighted by atomic mass is 10.1. The number of hydrogen-bond donors (Lipinski definition) is 0. The molecule has 1 atom stereocenters. The van der Waals surface area contributed by atoms with Crippen LogP contribution in [0.4, 0.5) is 0 Å². The van der Waals surface area contributed by atoms with E-state index in [1.54, 1.807) is 28.7 Å². The summed E-state index contributed by atoms with van der Waals surface area (Å²) in [6, 6.07) is 2.16. The molecule has 0 saturated carbocycles. The fraction of sp³-hybridized carbons (Fsp3) is 0.875. The molecule has 0 bridgehead atoms. The van der Waals surface area contributed by atoms with Crippen LogP contribution in [-0.2, 0) is 4.74 Å². The minimum absolute atomic E-state index is 0.0872. The summed E-state index contributed by atoms with van der Waals surface area (Å²) in [6.45, 7) is 2.84. The molecule has 0 saturated heterocycles. The zero-order valence-electron chi connectivity index (χ0n) is 7.79. The third kappa shape index (κ3) is 4.91. The van der Waals surface area contributed by atoms with Crippen LogP contribution < -0.4 is 0 Å². The Morgan fingerprint density at radius 3 is 2.67 bits per heavy atom. The molecule has 0 aromatic heterocycles. The summed E-state index contributed by atoms with van der Waals surface area (Å²) in [5, 5.41) is 8.46. The second kappa shape index (κ2) is 6.64. The van der Waals surface area contributed by atoms with E-state index in [4.69, 9.17) is 10.00 Å². The van der Waals surface area contributed by atoms with Gasteiger partial charge < -0.3 is 4.74 Å². The quantitative estimate of drug-likeness (QED) is 0.624. The topological polar surface area (TPSA) is 33.0 Å². The summed E-state index contributed by atoms with van der Waals surface area (Å²) >= 11 is 0. The zero-order valence-corrected chi connectivity index (χ0v) is 9.43. The number of nitrogens with zero attached hydrogens (tertiary/aromatic N) is 1. The first-order valence-corrected chi connectivity index (χ1v) is 6.32.